The van der Waals surface area contributed by atoms with Crippen molar-refractivity contribution >= 4 is 39.2 Å². The van der Waals surface area contributed by atoms with Crippen molar-refractivity contribution in [2.24, 2.45) is 12.5 Å². The lowest BCUT2D eigenvalue weighted by Crippen LogP contribution is -2.55. The lowest BCUT2D eigenvalue weighted by atomic mass is 9.49. The van der Waals surface area contributed by atoms with Crippen molar-refractivity contribution in [2.75, 3.05) is 0 Å². The van der Waals surface area contributed by atoms with Gasteiger partial charge in [-0.25, -0.2) is 5.10 Å². The van der Waals surface area contributed by atoms with Crippen molar-refractivity contribution in [3.63, 3.8) is 0 Å². The van der Waals surface area contributed by atoms with Gasteiger partial charge in [-0.3, -0.25) is 9.59 Å². The first-order chi connectivity index (χ1) is 15.4. The number of hydrogen-bond donors (Lipinski definition) is 2. The fourth-order valence-corrected chi connectivity index (χ4v) is 6.03. The molecule has 1 amide bonds. The maximum absolute atomic E-state index is 12.9. The Labute approximate surface area is 189 Å². The van der Waals surface area contributed by atoms with Gasteiger partial charge in [-0.05, 0) is 61.4 Å². The van der Waals surface area contributed by atoms with Gasteiger partial charge in [0.25, 0.3) is 11.5 Å². The van der Waals surface area contributed by atoms with Gasteiger partial charge in [-0.2, -0.15) is 5.10 Å². The van der Waals surface area contributed by atoms with E-state index in [0.717, 1.165) is 47.7 Å². The topological polar surface area (TPSA) is 79.8 Å². The van der Waals surface area contributed by atoms with Crippen molar-refractivity contribution in [3.8, 4) is 0 Å². The Bertz CT molecular complexity index is 1440. The van der Waals surface area contributed by atoms with E-state index in [4.69, 9.17) is 11.6 Å². The first-order valence-corrected chi connectivity index (χ1v) is 11.3. The number of aromatic amines is 1. The van der Waals surface area contributed by atoms with E-state index in [-0.39, 0.29) is 22.9 Å². The lowest BCUT2D eigenvalue weighted by Gasteiger charge is -2.57. The number of nitrogens with zero attached hydrogens (tertiary/aromatic N) is 2. The van der Waals surface area contributed by atoms with Crippen LogP contribution in [0, 0.1) is 5.41 Å². The van der Waals surface area contributed by atoms with Crippen LogP contribution in [0.3, 0.4) is 0 Å². The first-order valence-electron chi connectivity index (χ1n) is 11.0. The Morgan fingerprint density at radius 3 is 2.66 bits per heavy atom. The molecule has 0 saturated heterocycles. The number of carbonyl (C=O) groups excluding carboxylic acids is 1. The molecule has 7 heteroatoms. The summed E-state index contributed by atoms with van der Waals surface area (Å²) in [5.74, 6) is 0.320. The number of rotatable bonds is 3. The summed E-state index contributed by atoms with van der Waals surface area (Å²) in [6.07, 6.45) is 4.09. The Kier molecular flexibility index (Phi) is 4.24. The van der Waals surface area contributed by atoms with Crippen molar-refractivity contribution in [2.45, 2.75) is 37.6 Å². The summed E-state index contributed by atoms with van der Waals surface area (Å²) in [5.41, 5.74) is 2.78. The molecule has 0 bridgehead atoms. The zero-order valence-electron chi connectivity index (χ0n) is 17.7. The Hall–Kier alpha value is -3.12. The highest BCUT2D eigenvalue weighted by atomic mass is 35.5. The van der Waals surface area contributed by atoms with Gasteiger partial charge in [0.15, 0.2) is 0 Å². The molecule has 2 saturated carbocycles. The average Bonchev–Trinajstić information content (AvgIpc) is 3.05. The second-order valence-electron chi connectivity index (χ2n) is 9.46. The van der Waals surface area contributed by atoms with Gasteiger partial charge >= 0.3 is 0 Å². The second-order valence-corrected chi connectivity index (χ2v) is 9.90. The molecule has 0 radical (unpaired) electrons. The fraction of sp³-hybridized carbons (Fsp3) is 0.320. The highest BCUT2D eigenvalue weighted by Gasteiger charge is 2.54. The van der Waals surface area contributed by atoms with Gasteiger partial charge < -0.3 is 9.88 Å². The molecular weight excluding hydrogens is 424 g/mol. The zero-order chi connectivity index (χ0) is 22.0. The van der Waals surface area contributed by atoms with Gasteiger partial charge in [-0.15, -0.1) is 0 Å². The molecule has 6 nitrogen and oxygen atoms in total. The average molecular weight is 447 g/mol. The van der Waals surface area contributed by atoms with Crippen LogP contribution in [0.15, 0.2) is 53.3 Å². The molecule has 2 N–H and O–H groups in total. The smallest absolute Gasteiger partial charge is 0.272 e. The Balaban J connectivity index is 1.12. The van der Waals surface area contributed by atoms with E-state index in [1.165, 1.54) is 0 Å². The summed E-state index contributed by atoms with van der Waals surface area (Å²) in [7, 11) is 1.91. The number of nitrogens with one attached hydrogen (secondary N) is 2. The number of aromatic nitrogens is 3. The van der Waals surface area contributed by atoms with E-state index < -0.39 is 0 Å². The molecular formula is C25H23ClN4O2. The fourth-order valence-electron chi connectivity index (χ4n) is 5.84. The standard InChI is InChI=1S/C25H23ClN4O2/c1-30-20-7-6-16(26)8-14(20)9-21(30)24(32)27-17-12-25(13-17)10-15(11-25)22-18-4-2-3-5-19(18)23(31)29-28-22/h2-9,15,17H,10-13H2,1H3,(H,27,32)(H,29,31)/t15-,17-,25?. The Morgan fingerprint density at radius 2 is 1.88 bits per heavy atom. The van der Waals surface area contributed by atoms with Gasteiger partial charge in [0.1, 0.15) is 5.69 Å². The molecule has 2 fully saturated rings. The predicted molar refractivity (Wildman–Crippen MR) is 125 cm³/mol. The summed E-state index contributed by atoms with van der Waals surface area (Å²) in [6.45, 7) is 0. The van der Waals surface area contributed by atoms with Gasteiger partial charge in [0.05, 0.1) is 11.1 Å². The van der Waals surface area contributed by atoms with Crippen molar-refractivity contribution in [1.29, 1.82) is 0 Å². The number of halogens is 1. The minimum absolute atomic E-state index is 0.0381. The number of carbonyl (C=O) groups is 1. The van der Waals surface area contributed by atoms with Crippen LogP contribution in [-0.4, -0.2) is 26.7 Å². The molecule has 4 aromatic rings. The van der Waals surface area contributed by atoms with E-state index in [0.29, 0.717) is 22.0 Å². The van der Waals surface area contributed by atoms with Crippen LogP contribution in [0.1, 0.15) is 47.8 Å². The quantitative estimate of drug-likeness (QED) is 0.485. The molecule has 6 rings (SSSR count). The van der Waals surface area contributed by atoms with Crippen LogP contribution < -0.4 is 10.9 Å². The molecule has 0 unspecified atom stereocenters. The van der Waals surface area contributed by atoms with Crippen LogP contribution in [-0.2, 0) is 7.05 Å². The maximum atomic E-state index is 12.9. The van der Waals surface area contributed by atoms with Crippen LogP contribution in [0.25, 0.3) is 21.7 Å². The summed E-state index contributed by atoms with van der Waals surface area (Å²) in [4.78, 5) is 24.9. The molecule has 2 aliphatic carbocycles. The number of amides is 1. The van der Waals surface area contributed by atoms with Gasteiger partial charge in [0.2, 0.25) is 0 Å². The van der Waals surface area contributed by atoms with Crippen LogP contribution in [0.4, 0.5) is 0 Å². The summed E-state index contributed by atoms with van der Waals surface area (Å²) in [5, 5.41) is 13.5. The van der Waals surface area contributed by atoms with Crippen molar-refractivity contribution < 1.29 is 4.79 Å². The molecule has 32 heavy (non-hydrogen) atoms. The largest absolute Gasteiger partial charge is 0.348 e. The Morgan fingerprint density at radius 1 is 1.12 bits per heavy atom. The lowest BCUT2D eigenvalue weighted by molar-refractivity contribution is -0.0197. The van der Waals surface area contributed by atoms with E-state index in [2.05, 4.69) is 15.5 Å². The predicted octanol–water partition coefficient (Wildman–Crippen LogP) is 4.52. The van der Waals surface area contributed by atoms with Crippen molar-refractivity contribution in [3.05, 3.63) is 75.3 Å². The molecule has 2 heterocycles. The summed E-state index contributed by atoms with van der Waals surface area (Å²) < 4.78 is 1.92. The SMILES string of the molecule is Cn1c(C(=O)N[C@H]2CC3(C2)C[C@H](c2n[nH]c(=O)c4ccccc42)C3)cc2cc(Cl)ccc21. The number of fused-ring (bicyclic) bond motifs is 2. The molecule has 2 aromatic heterocycles. The van der Waals surface area contributed by atoms with E-state index in [9.17, 15) is 9.59 Å². The zero-order valence-corrected chi connectivity index (χ0v) is 18.4. The van der Waals surface area contributed by atoms with E-state index in [1.54, 1.807) is 0 Å². The minimum atomic E-state index is -0.139. The van der Waals surface area contributed by atoms with Crippen LogP contribution >= 0.6 is 11.6 Å². The number of hydrogen-bond acceptors (Lipinski definition) is 3. The third-order valence-electron chi connectivity index (χ3n) is 7.40. The van der Waals surface area contributed by atoms with Crippen LogP contribution in [0.5, 0.6) is 0 Å². The molecule has 162 valence electrons. The summed E-state index contributed by atoms with van der Waals surface area (Å²) >= 11 is 6.09. The maximum Gasteiger partial charge on any atom is 0.272 e. The first kappa shape index (κ1) is 19.6. The highest BCUT2D eigenvalue weighted by molar-refractivity contribution is 6.31. The van der Waals surface area contributed by atoms with Gasteiger partial charge in [0, 0.05) is 40.3 Å². The second kappa shape index (κ2) is 6.94. The number of benzene rings is 2. The van der Waals surface area contributed by atoms with E-state index in [1.807, 2.05) is 60.1 Å². The normalized spacial score (nSPS) is 24.4. The molecule has 0 atom stereocenters. The highest BCUT2D eigenvalue weighted by Crippen LogP contribution is 2.62. The molecule has 0 aliphatic heterocycles. The molecule has 2 aliphatic rings. The third-order valence-corrected chi connectivity index (χ3v) is 7.64. The van der Waals surface area contributed by atoms with E-state index >= 15 is 0 Å². The monoisotopic (exact) mass is 446 g/mol. The number of H-pyrrole nitrogens is 1. The third kappa shape index (κ3) is 2.97. The summed E-state index contributed by atoms with van der Waals surface area (Å²) in [6, 6.07) is 15.4. The number of aryl methyl sites for hydroxylation is 1. The molecule has 1 spiro atoms. The van der Waals surface area contributed by atoms with Crippen molar-refractivity contribution in [1.82, 2.24) is 20.1 Å². The van der Waals surface area contributed by atoms with Crippen LogP contribution in [0.2, 0.25) is 5.02 Å². The van der Waals surface area contributed by atoms with Gasteiger partial charge in [-0.1, -0.05) is 29.8 Å². The minimum Gasteiger partial charge on any atom is -0.348 e. The molecule has 2 aromatic carbocycles.